The van der Waals surface area contributed by atoms with Crippen molar-refractivity contribution < 1.29 is 4.92 Å². The van der Waals surface area contributed by atoms with Crippen LogP contribution in [0, 0.1) is 10.1 Å². The summed E-state index contributed by atoms with van der Waals surface area (Å²) in [6.07, 6.45) is 1.99. The molecule has 0 amide bonds. The highest BCUT2D eigenvalue weighted by molar-refractivity contribution is 6.34. The van der Waals surface area contributed by atoms with Crippen LogP contribution in [0.1, 0.15) is 12.8 Å². The van der Waals surface area contributed by atoms with Crippen molar-refractivity contribution >= 4 is 34.6 Å². The molecule has 5 nitrogen and oxygen atoms in total. The van der Waals surface area contributed by atoms with E-state index in [9.17, 15) is 10.1 Å². The van der Waals surface area contributed by atoms with E-state index in [1.807, 2.05) is 0 Å². The molecule has 0 bridgehead atoms. The summed E-state index contributed by atoms with van der Waals surface area (Å²) >= 11 is 11.4. The van der Waals surface area contributed by atoms with Gasteiger partial charge in [-0.25, -0.2) is 4.98 Å². The molecule has 0 saturated heterocycles. The molecule has 1 aromatic rings. The summed E-state index contributed by atoms with van der Waals surface area (Å²) in [5.41, 5.74) is 0.125. The minimum absolute atomic E-state index is 0.0213. The van der Waals surface area contributed by atoms with E-state index in [4.69, 9.17) is 23.2 Å². The van der Waals surface area contributed by atoms with Crippen LogP contribution in [0.25, 0.3) is 0 Å². The summed E-state index contributed by atoms with van der Waals surface area (Å²) in [5, 5.41) is 13.8. The third kappa shape index (κ3) is 2.30. The maximum Gasteiger partial charge on any atom is 0.298 e. The third-order valence-corrected chi connectivity index (χ3v) is 2.51. The minimum atomic E-state index is -0.524. The molecule has 15 heavy (non-hydrogen) atoms. The van der Waals surface area contributed by atoms with Crippen LogP contribution in [-0.4, -0.2) is 15.9 Å². The molecule has 1 aliphatic rings. The van der Waals surface area contributed by atoms with Gasteiger partial charge < -0.3 is 5.32 Å². The Balaban J connectivity index is 2.42. The molecular weight excluding hydrogens is 241 g/mol. The fourth-order valence-corrected chi connectivity index (χ4v) is 1.66. The minimum Gasteiger partial charge on any atom is -0.374 e. The van der Waals surface area contributed by atoms with Crippen LogP contribution in [-0.2, 0) is 0 Å². The summed E-state index contributed by atoms with van der Waals surface area (Å²) in [5.74, 6) is 0. The quantitative estimate of drug-likeness (QED) is 0.507. The Morgan fingerprint density at radius 3 is 2.73 bits per heavy atom. The first kappa shape index (κ1) is 10.4. The molecule has 0 atom stereocenters. The second kappa shape index (κ2) is 3.83. The molecule has 1 saturated carbocycles. The highest BCUT2D eigenvalue weighted by Gasteiger charge is 2.27. The lowest BCUT2D eigenvalue weighted by molar-refractivity contribution is -0.384. The molecule has 1 heterocycles. The van der Waals surface area contributed by atoms with Gasteiger partial charge in [0.25, 0.3) is 5.69 Å². The Morgan fingerprint density at radius 2 is 2.20 bits per heavy atom. The normalized spacial score (nSPS) is 15.1. The molecule has 0 aromatic carbocycles. The van der Waals surface area contributed by atoms with Gasteiger partial charge in [0.15, 0.2) is 10.8 Å². The standard InChI is InChI=1S/C8H7Cl2N3O2/c9-6-3-5(13(14)15)7(8(10)12-6)11-4-1-2-4/h3-4,11H,1-2H2. The van der Waals surface area contributed by atoms with Crippen LogP contribution in [0.4, 0.5) is 11.4 Å². The maximum atomic E-state index is 10.7. The number of rotatable bonds is 3. The molecule has 1 aliphatic carbocycles. The van der Waals surface area contributed by atoms with E-state index in [1.165, 1.54) is 6.07 Å². The fraction of sp³-hybridized carbons (Fsp3) is 0.375. The summed E-state index contributed by atoms with van der Waals surface area (Å²) in [7, 11) is 0. The predicted octanol–water partition coefficient (Wildman–Crippen LogP) is 2.87. The average Bonchev–Trinajstić information content (AvgIpc) is 2.92. The first-order valence-electron chi connectivity index (χ1n) is 4.35. The highest BCUT2D eigenvalue weighted by atomic mass is 35.5. The van der Waals surface area contributed by atoms with E-state index in [1.54, 1.807) is 0 Å². The molecule has 7 heteroatoms. The fourth-order valence-electron chi connectivity index (χ4n) is 1.18. The first-order valence-corrected chi connectivity index (χ1v) is 5.10. The second-order valence-corrected chi connectivity index (χ2v) is 4.05. The van der Waals surface area contributed by atoms with Crippen molar-refractivity contribution in [1.29, 1.82) is 0 Å². The van der Waals surface area contributed by atoms with Crippen LogP contribution < -0.4 is 5.32 Å². The number of aromatic nitrogens is 1. The van der Waals surface area contributed by atoms with Gasteiger partial charge in [-0.2, -0.15) is 0 Å². The molecule has 0 aliphatic heterocycles. The van der Waals surface area contributed by atoms with Crippen LogP contribution in [0.2, 0.25) is 10.3 Å². The zero-order chi connectivity index (χ0) is 11.0. The van der Waals surface area contributed by atoms with Crippen molar-refractivity contribution in [2.45, 2.75) is 18.9 Å². The number of nitrogens with one attached hydrogen (secondary N) is 1. The zero-order valence-electron chi connectivity index (χ0n) is 7.54. The molecule has 0 unspecified atom stereocenters. The molecule has 0 spiro atoms. The number of hydrogen-bond donors (Lipinski definition) is 1. The number of hydrogen-bond acceptors (Lipinski definition) is 4. The molecular formula is C8H7Cl2N3O2. The van der Waals surface area contributed by atoms with Crippen molar-refractivity contribution in [3.8, 4) is 0 Å². The monoisotopic (exact) mass is 247 g/mol. The van der Waals surface area contributed by atoms with Crippen LogP contribution in [0.5, 0.6) is 0 Å². The van der Waals surface area contributed by atoms with Crippen LogP contribution in [0.15, 0.2) is 6.07 Å². The third-order valence-electron chi connectivity index (χ3n) is 2.05. The lowest BCUT2D eigenvalue weighted by atomic mass is 10.3. The zero-order valence-corrected chi connectivity index (χ0v) is 9.05. The molecule has 0 radical (unpaired) electrons. The van der Waals surface area contributed by atoms with Gasteiger partial charge in [0.1, 0.15) is 5.15 Å². The predicted molar refractivity (Wildman–Crippen MR) is 57.6 cm³/mol. The van der Waals surface area contributed by atoms with Crippen molar-refractivity contribution in [2.24, 2.45) is 0 Å². The smallest absolute Gasteiger partial charge is 0.298 e. The van der Waals surface area contributed by atoms with Crippen molar-refractivity contribution in [2.75, 3.05) is 5.32 Å². The highest BCUT2D eigenvalue weighted by Crippen LogP contribution is 2.36. The topological polar surface area (TPSA) is 68.1 Å². The van der Waals surface area contributed by atoms with E-state index in [0.717, 1.165) is 12.8 Å². The van der Waals surface area contributed by atoms with Gasteiger partial charge in [0.05, 0.1) is 11.0 Å². The summed E-state index contributed by atoms with van der Waals surface area (Å²) in [4.78, 5) is 14.0. The number of nitro groups is 1. The number of pyridine rings is 1. The average molecular weight is 248 g/mol. The molecule has 2 rings (SSSR count). The largest absolute Gasteiger partial charge is 0.374 e. The van der Waals surface area contributed by atoms with Gasteiger partial charge in [-0.3, -0.25) is 10.1 Å². The number of anilines is 1. The Hall–Kier alpha value is -1.07. The molecule has 1 aromatic heterocycles. The Morgan fingerprint density at radius 1 is 1.53 bits per heavy atom. The molecule has 1 N–H and O–H groups in total. The number of nitrogens with zero attached hydrogens (tertiary/aromatic N) is 2. The van der Waals surface area contributed by atoms with E-state index in [2.05, 4.69) is 10.3 Å². The van der Waals surface area contributed by atoms with Gasteiger partial charge in [0, 0.05) is 6.04 Å². The second-order valence-electron chi connectivity index (χ2n) is 3.31. The lowest BCUT2D eigenvalue weighted by Crippen LogP contribution is -2.05. The van der Waals surface area contributed by atoms with E-state index < -0.39 is 4.92 Å². The maximum absolute atomic E-state index is 10.7. The van der Waals surface area contributed by atoms with Crippen LogP contribution >= 0.6 is 23.2 Å². The first-order chi connectivity index (χ1) is 7.08. The molecule has 80 valence electrons. The van der Waals surface area contributed by atoms with E-state index in [0.29, 0.717) is 0 Å². The summed E-state index contributed by atoms with van der Waals surface area (Å²) in [6, 6.07) is 1.46. The Bertz CT molecular complexity index is 421. The van der Waals surface area contributed by atoms with Gasteiger partial charge in [-0.15, -0.1) is 0 Å². The lowest BCUT2D eigenvalue weighted by Gasteiger charge is -2.06. The van der Waals surface area contributed by atoms with Gasteiger partial charge in [-0.05, 0) is 12.8 Å². The van der Waals surface area contributed by atoms with Crippen molar-refractivity contribution in [3.05, 3.63) is 26.5 Å². The molecule has 1 fully saturated rings. The van der Waals surface area contributed by atoms with Crippen LogP contribution in [0.3, 0.4) is 0 Å². The number of halogens is 2. The van der Waals surface area contributed by atoms with Gasteiger partial charge in [0.2, 0.25) is 0 Å². The van der Waals surface area contributed by atoms with Crippen molar-refractivity contribution in [3.63, 3.8) is 0 Å². The van der Waals surface area contributed by atoms with Gasteiger partial charge >= 0.3 is 0 Å². The van der Waals surface area contributed by atoms with E-state index >= 15 is 0 Å². The van der Waals surface area contributed by atoms with Gasteiger partial charge in [-0.1, -0.05) is 23.2 Å². The Labute approximate surface area is 95.5 Å². The SMILES string of the molecule is O=[N+]([O-])c1cc(Cl)nc(Cl)c1NC1CC1. The summed E-state index contributed by atoms with van der Waals surface area (Å²) in [6.45, 7) is 0. The summed E-state index contributed by atoms with van der Waals surface area (Å²) < 4.78 is 0. The Kier molecular flexibility index (Phi) is 2.67. The van der Waals surface area contributed by atoms with Crippen molar-refractivity contribution in [1.82, 2.24) is 4.98 Å². The van der Waals surface area contributed by atoms with E-state index in [-0.39, 0.29) is 27.7 Å².